The summed E-state index contributed by atoms with van der Waals surface area (Å²) in [6.45, 7) is 13.5. The van der Waals surface area contributed by atoms with Gasteiger partial charge >= 0.3 is 6.09 Å². The van der Waals surface area contributed by atoms with E-state index in [1.165, 1.54) is 0 Å². The number of carbonyl (C=O) groups is 1. The Hall–Kier alpha value is -1.03. The number of hydrogen-bond donors (Lipinski definition) is 0. The number of ether oxygens (including phenoxy) is 1. The molecule has 0 spiro atoms. The molecule has 0 aliphatic carbocycles. The summed E-state index contributed by atoms with van der Waals surface area (Å²) in [6.07, 6.45) is 1.69. The molecule has 4 nitrogen and oxygen atoms in total. The maximum atomic E-state index is 11.7. The SMILES string of the molecule is C=CCN1CCN(C(=O)OC(C)(C)C)CC1. The zero-order chi connectivity index (χ0) is 12.2. The molecule has 0 saturated carbocycles. The second-order valence-corrected chi connectivity index (χ2v) is 5.06. The molecule has 1 amide bonds. The standard InChI is InChI=1S/C12H22N2O2/c1-5-6-13-7-9-14(10-8-13)11(15)16-12(2,3)4/h5H,1,6-10H2,2-4H3. The highest BCUT2D eigenvalue weighted by atomic mass is 16.6. The molecule has 0 bridgehead atoms. The normalized spacial score (nSPS) is 18.3. The van der Waals surface area contributed by atoms with Crippen LogP contribution in [0.5, 0.6) is 0 Å². The monoisotopic (exact) mass is 226 g/mol. The highest BCUT2D eigenvalue weighted by Crippen LogP contribution is 2.11. The topological polar surface area (TPSA) is 32.8 Å². The molecule has 0 aromatic carbocycles. The van der Waals surface area contributed by atoms with Crippen molar-refractivity contribution in [1.82, 2.24) is 9.80 Å². The van der Waals surface area contributed by atoms with E-state index in [0.717, 1.165) is 32.7 Å². The van der Waals surface area contributed by atoms with E-state index >= 15 is 0 Å². The lowest BCUT2D eigenvalue weighted by Crippen LogP contribution is -2.49. The summed E-state index contributed by atoms with van der Waals surface area (Å²) in [4.78, 5) is 15.8. The van der Waals surface area contributed by atoms with Gasteiger partial charge in [0, 0.05) is 32.7 Å². The van der Waals surface area contributed by atoms with Crippen LogP contribution in [0.4, 0.5) is 4.79 Å². The van der Waals surface area contributed by atoms with Gasteiger partial charge in [-0.3, -0.25) is 4.90 Å². The Morgan fingerprint density at radius 1 is 1.31 bits per heavy atom. The van der Waals surface area contributed by atoms with Crippen LogP contribution in [-0.4, -0.2) is 54.2 Å². The molecule has 0 unspecified atom stereocenters. The number of hydrogen-bond acceptors (Lipinski definition) is 3. The quantitative estimate of drug-likeness (QED) is 0.672. The van der Waals surface area contributed by atoms with E-state index in [0.29, 0.717) is 0 Å². The Labute approximate surface area is 97.9 Å². The summed E-state index contributed by atoms with van der Waals surface area (Å²) in [7, 11) is 0. The number of piperazine rings is 1. The van der Waals surface area contributed by atoms with Gasteiger partial charge in [0.1, 0.15) is 5.60 Å². The Balaban J connectivity index is 2.36. The fourth-order valence-corrected chi connectivity index (χ4v) is 1.62. The van der Waals surface area contributed by atoms with Crippen molar-refractivity contribution >= 4 is 6.09 Å². The van der Waals surface area contributed by atoms with Crippen LogP contribution in [0.3, 0.4) is 0 Å². The van der Waals surface area contributed by atoms with Crippen molar-refractivity contribution in [2.45, 2.75) is 26.4 Å². The minimum absolute atomic E-state index is 0.203. The molecule has 0 aromatic rings. The molecule has 1 aliphatic heterocycles. The maximum absolute atomic E-state index is 11.7. The van der Waals surface area contributed by atoms with Crippen molar-refractivity contribution in [2.24, 2.45) is 0 Å². The van der Waals surface area contributed by atoms with E-state index in [9.17, 15) is 4.79 Å². The smallest absolute Gasteiger partial charge is 0.410 e. The Morgan fingerprint density at radius 3 is 2.31 bits per heavy atom. The van der Waals surface area contributed by atoms with Gasteiger partial charge in [0.25, 0.3) is 0 Å². The summed E-state index contributed by atoms with van der Waals surface area (Å²) < 4.78 is 5.32. The summed E-state index contributed by atoms with van der Waals surface area (Å²) >= 11 is 0. The van der Waals surface area contributed by atoms with Gasteiger partial charge < -0.3 is 9.64 Å². The minimum atomic E-state index is -0.407. The Bertz CT molecular complexity index is 250. The van der Waals surface area contributed by atoms with Gasteiger partial charge in [-0.15, -0.1) is 6.58 Å². The van der Waals surface area contributed by atoms with Crippen molar-refractivity contribution in [1.29, 1.82) is 0 Å². The zero-order valence-electron chi connectivity index (χ0n) is 10.5. The van der Waals surface area contributed by atoms with E-state index in [-0.39, 0.29) is 6.09 Å². The van der Waals surface area contributed by atoms with Gasteiger partial charge in [0.05, 0.1) is 0 Å². The molecule has 0 radical (unpaired) electrons. The predicted octanol–water partition coefficient (Wildman–Crippen LogP) is 1.73. The Morgan fingerprint density at radius 2 is 1.88 bits per heavy atom. The number of carbonyl (C=O) groups excluding carboxylic acids is 1. The molecule has 1 aliphatic rings. The van der Waals surface area contributed by atoms with Gasteiger partial charge in [0.2, 0.25) is 0 Å². The molecule has 1 saturated heterocycles. The molecule has 4 heteroatoms. The van der Waals surface area contributed by atoms with Crippen molar-refractivity contribution in [3.8, 4) is 0 Å². The molecule has 1 rings (SSSR count). The largest absolute Gasteiger partial charge is 0.444 e. The van der Waals surface area contributed by atoms with Crippen LogP contribution in [-0.2, 0) is 4.74 Å². The third kappa shape index (κ3) is 4.23. The van der Waals surface area contributed by atoms with Crippen LogP contribution in [0.25, 0.3) is 0 Å². The minimum Gasteiger partial charge on any atom is -0.444 e. The highest BCUT2D eigenvalue weighted by Gasteiger charge is 2.25. The molecule has 0 atom stereocenters. The molecule has 1 heterocycles. The maximum Gasteiger partial charge on any atom is 0.410 e. The lowest BCUT2D eigenvalue weighted by atomic mass is 10.2. The molecule has 0 N–H and O–H groups in total. The first-order chi connectivity index (χ1) is 7.42. The third-order valence-electron chi connectivity index (χ3n) is 2.41. The van der Waals surface area contributed by atoms with Crippen LogP contribution < -0.4 is 0 Å². The van der Waals surface area contributed by atoms with E-state index in [1.54, 1.807) is 4.90 Å². The highest BCUT2D eigenvalue weighted by molar-refractivity contribution is 5.68. The first-order valence-corrected chi connectivity index (χ1v) is 5.73. The van der Waals surface area contributed by atoms with Gasteiger partial charge in [0.15, 0.2) is 0 Å². The lowest BCUT2D eigenvalue weighted by Gasteiger charge is -2.35. The van der Waals surface area contributed by atoms with Gasteiger partial charge in [-0.2, -0.15) is 0 Å². The van der Waals surface area contributed by atoms with E-state index in [1.807, 2.05) is 26.8 Å². The van der Waals surface area contributed by atoms with Gasteiger partial charge in [-0.25, -0.2) is 4.79 Å². The Kier molecular flexibility index (Phi) is 4.35. The first kappa shape index (κ1) is 13.0. The van der Waals surface area contributed by atoms with Gasteiger partial charge in [-0.05, 0) is 20.8 Å². The van der Waals surface area contributed by atoms with Crippen LogP contribution in [0.15, 0.2) is 12.7 Å². The van der Waals surface area contributed by atoms with Crippen LogP contribution in [0, 0.1) is 0 Å². The van der Waals surface area contributed by atoms with Crippen molar-refractivity contribution in [2.75, 3.05) is 32.7 Å². The summed E-state index contributed by atoms with van der Waals surface area (Å²) in [5.74, 6) is 0. The third-order valence-corrected chi connectivity index (χ3v) is 2.41. The van der Waals surface area contributed by atoms with Gasteiger partial charge in [-0.1, -0.05) is 6.08 Å². The van der Waals surface area contributed by atoms with E-state index < -0.39 is 5.60 Å². The second kappa shape index (κ2) is 5.34. The number of nitrogens with zero attached hydrogens (tertiary/aromatic N) is 2. The van der Waals surface area contributed by atoms with Crippen molar-refractivity contribution < 1.29 is 9.53 Å². The lowest BCUT2D eigenvalue weighted by molar-refractivity contribution is 0.0154. The summed E-state index contributed by atoms with van der Waals surface area (Å²) in [5, 5.41) is 0. The number of amides is 1. The summed E-state index contributed by atoms with van der Waals surface area (Å²) in [6, 6.07) is 0. The fraction of sp³-hybridized carbons (Fsp3) is 0.750. The van der Waals surface area contributed by atoms with Crippen LogP contribution in [0.2, 0.25) is 0 Å². The summed E-state index contributed by atoms with van der Waals surface area (Å²) in [5.41, 5.74) is -0.407. The molecule has 92 valence electrons. The molecular formula is C12H22N2O2. The second-order valence-electron chi connectivity index (χ2n) is 5.06. The first-order valence-electron chi connectivity index (χ1n) is 5.73. The van der Waals surface area contributed by atoms with Crippen molar-refractivity contribution in [3.05, 3.63) is 12.7 Å². The average Bonchev–Trinajstić information content (AvgIpc) is 2.16. The van der Waals surface area contributed by atoms with Crippen molar-refractivity contribution in [3.63, 3.8) is 0 Å². The molecule has 16 heavy (non-hydrogen) atoms. The number of rotatable bonds is 2. The molecular weight excluding hydrogens is 204 g/mol. The van der Waals surface area contributed by atoms with Crippen LogP contribution >= 0.6 is 0 Å². The molecule has 0 aromatic heterocycles. The predicted molar refractivity (Wildman–Crippen MR) is 64.4 cm³/mol. The van der Waals surface area contributed by atoms with E-state index in [2.05, 4.69) is 11.5 Å². The van der Waals surface area contributed by atoms with E-state index in [4.69, 9.17) is 4.74 Å². The average molecular weight is 226 g/mol. The zero-order valence-corrected chi connectivity index (χ0v) is 10.5. The molecule has 1 fully saturated rings. The fourth-order valence-electron chi connectivity index (χ4n) is 1.62. The van der Waals surface area contributed by atoms with Crippen LogP contribution in [0.1, 0.15) is 20.8 Å².